The van der Waals surface area contributed by atoms with Crippen molar-refractivity contribution in [3.8, 4) is 18.1 Å². The average molecular weight is 621 g/mol. The molecule has 43 heavy (non-hydrogen) atoms. The molecule has 15 heteroatoms. The number of hydrogen-bond donors (Lipinski definition) is 1. The number of ether oxygens (including phenoxy) is 1. The van der Waals surface area contributed by atoms with E-state index in [0.29, 0.717) is 60.0 Å². The Morgan fingerprint density at radius 2 is 1.86 bits per heavy atom. The number of halogens is 2. The summed E-state index contributed by atoms with van der Waals surface area (Å²) in [5.41, 5.74) is 8.25. The van der Waals surface area contributed by atoms with E-state index in [2.05, 4.69) is 27.2 Å². The van der Waals surface area contributed by atoms with Crippen molar-refractivity contribution in [2.75, 3.05) is 56.4 Å². The van der Waals surface area contributed by atoms with E-state index in [1.165, 1.54) is 18.1 Å². The Bertz CT molecular complexity index is 1870. The van der Waals surface area contributed by atoms with Crippen molar-refractivity contribution in [1.29, 1.82) is 10.5 Å². The molecule has 1 aromatic carbocycles. The molecule has 2 aliphatic rings. The van der Waals surface area contributed by atoms with Gasteiger partial charge in [0, 0.05) is 51.6 Å². The zero-order valence-electron chi connectivity index (χ0n) is 23.6. The number of nitrogen functional groups attached to an aromatic ring is 1. The molecule has 0 bridgehead atoms. The van der Waals surface area contributed by atoms with E-state index in [0.717, 1.165) is 16.9 Å². The number of aryl methyl sites for hydroxylation is 1. The van der Waals surface area contributed by atoms with Gasteiger partial charge < -0.3 is 25.2 Å². The Morgan fingerprint density at radius 1 is 1.16 bits per heavy atom. The predicted molar refractivity (Wildman–Crippen MR) is 160 cm³/mol. The van der Waals surface area contributed by atoms with Gasteiger partial charge in [-0.1, -0.05) is 17.7 Å². The molecular formula is C28H26ClFN10O2S. The van der Waals surface area contributed by atoms with Crippen LogP contribution in [0.15, 0.2) is 12.1 Å². The van der Waals surface area contributed by atoms with Gasteiger partial charge in [0.25, 0.3) is 5.91 Å². The van der Waals surface area contributed by atoms with Gasteiger partial charge in [0.05, 0.1) is 34.6 Å². The number of nitriles is 2. The number of nitrogens with zero attached hydrogens (tertiary/aromatic N) is 9. The molecule has 4 aromatic rings. The lowest BCUT2D eigenvalue weighted by Crippen LogP contribution is -2.46. The molecule has 5 heterocycles. The zero-order valence-corrected chi connectivity index (χ0v) is 25.1. The zero-order chi connectivity index (χ0) is 30.6. The van der Waals surface area contributed by atoms with E-state index in [9.17, 15) is 19.7 Å². The fourth-order valence-corrected chi connectivity index (χ4v) is 6.83. The number of carbonyl (C=O) groups excluding carboxylic acids is 1. The van der Waals surface area contributed by atoms with Crippen LogP contribution in [0.3, 0.4) is 0 Å². The fourth-order valence-electron chi connectivity index (χ4n) is 5.59. The quantitative estimate of drug-likeness (QED) is 0.349. The number of aromatic nitrogens is 4. The monoisotopic (exact) mass is 620 g/mol. The smallest absolute Gasteiger partial charge is 0.320 e. The number of thiophene rings is 1. The molecule has 2 N–H and O–H groups in total. The van der Waals surface area contributed by atoms with Crippen LogP contribution in [-0.4, -0.2) is 71.4 Å². The second-order valence-electron chi connectivity index (χ2n) is 10.5. The molecule has 1 amide bonds. The first kappa shape index (κ1) is 28.5. The van der Waals surface area contributed by atoms with Crippen LogP contribution in [0.5, 0.6) is 6.01 Å². The van der Waals surface area contributed by atoms with E-state index < -0.39 is 5.82 Å². The van der Waals surface area contributed by atoms with Crippen molar-refractivity contribution in [1.82, 2.24) is 24.6 Å². The number of anilines is 3. The van der Waals surface area contributed by atoms with Crippen molar-refractivity contribution in [3.05, 3.63) is 51.1 Å². The van der Waals surface area contributed by atoms with Crippen molar-refractivity contribution in [2.45, 2.75) is 25.4 Å². The van der Waals surface area contributed by atoms with Gasteiger partial charge in [0.1, 0.15) is 28.5 Å². The topological polar surface area (TPSA) is 153 Å². The highest BCUT2D eigenvalue weighted by atomic mass is 35.5. The summed E-state index contributed by atoms with van der Waals surface area (Å²) in [6.45, 7) is 2.32. The minimum atomic E-state index is -0.415. The van der Waals surface area contributed by atoms with Gasteiger partial charge in [-0.3, -0.25) is 9.48 Å². The summed E-state index contributed by atoms with van der Waals surface area (Å²) in [5, 5.41) is 25.6. The molecule has 12 nitrogen and oxygen atoms in total. The summed E-state index contributed by atoms with van der Waals surface area (Å²) >= 11 is 7.73. The molecule has 1 saturated heterocycles. The van der Waals surface area contributed by atoms with E-state index in [4.69, 9.17) is 22.1 Å². The van der Waals surface area contributed by atoms with Gasteiger partial charge in [-0.05, 0) is 18.1 Å². The van der Waals surface area contributed by atoms with Crippen LogP contribution < -0.4 is 20.3 Å². The Balaban J connectivity index is 1.34. The third kappa shape index (κ3) is 4.63. The highest BCUT2D eigenvalue weighted by Gasteiger charge is 2.36. The van der Waals surface area contributed by atoms with Crippen LogP contribution in [0, 0.1) is 28.5 Å². The van der Waals surface area contributed by atoms with E-state index in [-0.39, 0.29) is 51.2 Å². The molecule has 0 atom stereocenters. The molecule has 2 aliphatic heterocycles. The third-order valence-corrected chi connectivity index (χ3v) is 9.19. The van der Waals surface area contributed by atoms with Crippen LogP contribution >= 0.6 is 22.9 Å². The molecule has 0 saturated carbocycles. The minimum Gasteiger partial charge on any atom is -0.467 e. The average Bonchev–Trinajstić information content (AvgIpc) is 3.38. The molecule has 3 aromatic heterocycles. The van der Waals surface area contributed by atoms with E-state index in [1.807, 2.05) is 9.80 Å². The lowest BCUT2D eigenvalue weighted by atomic mass is 9.87. The molecule has 0 unspecified atom stereocenters. The van der Waals surface area contributed by atoms with E-state index >= 15 is 0 Å². The fraction of sp³-hybridized carbons (Fsp3) is 0.357. The highest BCUT2D eigenvalue weighted by Crippen LogP contribution is 2.43. The van der Waals surface area contributed by atoms with Gasteiger partial charge in [-0.15, -0.1) is 11.3 Å². The molecular weight excluding hydrogens is 595 g/mol. The summed E-state index contributed by atoms with van der Waals surface area (Å²) < 4.78 is 22.1. The summed E-state index contributed by atoms with van der Waals surface area (Å²) in [4.78, 5) is 27.0. The second kappa shape index (κ2) is 10.9. The van der Waals surface area contributed by atoms with E-state index in [1.54, 1.807) is 24.8 Å². The normalized spacial score (nSPS) is 15.0. The van der Waals surface area contributed by atoms with Gasteiger partial charge in [-0.2, -0.15) is 25.6 Å². The van der Waals surface area contributed by atoms with Crippen molar-refractivity contribution < 1.29 is 13.9 Å². The van der Waals surface area contributed by atoms with Crippen LogP contribution in [0.1, 0.15) is 45.2 Å². The summed E-state index contributed by atoms with van der Waals surface area (Å²) in [5.74, 6) is 0.0529. The van der Waals surface area contributed by atoms with Crippen molar-refractivity contribution in [3.63, 3.8) is 0 Å². The first-order valence-corrected chi connectivity index (χ1v) is 14.6. The number of hydrogen-bond acceptors (Lipinski definition) is 11. The molecule has 220 valence electrons. The number of fused-ring (bicyclic) bond motifs is 2. The summed E-state index contributed by atoms with van der Waals surface area (Å²) in [6.07, 6.45) is 0.671. The summed E-state index contributed by atoms with van der Waals surface area (Å²) in [6, 6.07) is 7.60. The molecule has 0 spiro atoms. The number of methoxy groups -OCH3 is 1. The lowest BCUT2D eigenvalue weighted by molar-refractivity contribution is 0.0821. The minimum absolute atomic E-state index is 0.0425. The maximum Gasteiger partial charge on any atom is 0.320 e. The van der Waals surface area contributed by atoms with Gasteiger partial charge in [0.2, 0.25) is 0 Å². The number of amides is 1. The predicted octanol–water partition coefficient (Wildman–Crippen LogP) is 3.73. The Hall–Kier alpha value is -4.66. The van der Waals surface area contributed by atoms with Crippen LogP contribution in [-0.2, 0) is 13.1 Å². The molecule has 0 radical (unpaired) electrons. The molecule has 1 fully saturated rings. The Kier molecular flexibility index (Phi) is 7.20. The maximum atomic E-state index is 14.6. The number of rotatable bonds is 5. The third-order valence-electron chi connectivity index (χ3n) is 7.77. The number of nitrogens with two attached hydrogens (primary N) is 1. The maximum absolute atomic E-state index is 14.6. The Labute approximate surface area is 255 Å². The molecule has 0 aliphatic carbocycles. The largest absolute Gasteiger partial charge is 0.467 e. The molecule has 6 rings (SSSR count). The standard InChI is InChI=1S/C28H26ClFN10O2S/c1-37(2)27(41)22-21(29)19-13-38(7-4-8-40(19)36-22)25-17(10-32)26(35-28(34-25)42-3)39-11-14(12-39)15-5-6-18(30)23-20(15)16(9-31)24(33)43-23/h5-6,14H,4,7-8,11-13,33H2,1-3H3. The highest BCUT2D eigenvalue weighted by molar-refractivity contribution is 7.23. The van der Waals surface area contributed by atoms with Crippen LogP contribution in [0.4, 0.5) is 21.0 Å². The van der Waals surface area contributed by atoms with Gasteiger partial charge in [-0.25, -0.2) is 4.39 Å². The first-order chi connectivity index (χ1) is 20.7. The van der Waals surface area contributed by atoms with Crippen molar-refractivity contribution in [2.24, 2.45) is 0 Å². The summed E-state index contributed by atoms with van der Waals surface area (Å²) in [7, 11) is 4.74. The second-order valence-corrected chi connectivity index (χ2v) is 12.0. The number of benzene rings is 1. The van der Waals surface area contributed by atoms with Crippen molar-refractivity contribution >= 4 is 55.6 Å². The Morgan fingerprint density at radius 3 is 2.51 bits per heavy atom. The van der Waals surface area contributed by atoms with Gasteiger partial charge in [0.15, 0.2) is 17.3 Å². The van der Waals surface area contributed by atoms with Crippen LogP contribution in [0.2, 0.25) is 5.02 Å². The van der Waals surface area contributed by atoms with Crippen LogP contribution in [0.25, 0.3) is 10.1 Å². The first-order valence-electron chi connectivity index (χ1n) is 13.4. The van der Waals surface area contributed by atoms with Gasteiger partial charge >= 0.3 is 6.01 Å². The lowest BCUT2D eigenvalue weighted by Gasteiger charge is -2.41. The SMILES string of the molecule is COc1nc(N2CCCn3nc(C(=O)N(C)C)c(Cl)c3C2)c(C#N)c(N2CC(c3ccc(F)c4sc(N)c(C#N)c34)C2)n1. The number of carbonyl (C=O) groups is 1.